The molecule has 4 N–H and O–H groups in total. The summed E-state index contributed by atoms with van der Waals surface area (Å²) in [6.45, 7) is 1.76. The summed E-state index contributed by atoms with van der Waals surface area (Å²) in [7, 11) is 3.35. The molecule has 0 heterocycles. The molecule has 0 fully saturated rings. The van der Waals surface area contributed by atoms with Crippen LogP contribution in [0, 0.1) is 0 Å². The summed E-state index contributed by atoms with van der Waals surface area (Å²) in [5.74, 6) is 0. The molecule has 0 aromatic heterocycles. The smallest absolute Gasteiger partial charge is 0.741 e. The molecular weight excluding hydrogens is 382 g/mol. The van der Waals surface area contributed by atoms with Gasteiger partial charge in [0.05, 0.1) is 5.71 Å². The third kappa shape index (κ3) is 7.38. The van der Waals surface area contributed by atoms with Crippen molar-refractivity contribution in [1.29, 1.82) is 0 Å². The Morgan fingerprint density at radius 2 is 1.39 bits per heavy atom. The summed E-state index contributed by atoms with van der Waals surface area (Å²) < 4.78 is 0. The van der Waals surface area contributed by atoms with E-state index in [4.69, 9.17) is 31.0 Å². The van der Waals surface area contributed by atoms with Crippen LogP contribution in [0.4, 0.5) is 5.69 Å². The van der Waals surface area contributed by atoms with Crippen molar-refractivity contribution in [2.75, 3.05) is 19.8 Å². The minimum Gasteiger partial charge on any atom is -0.741 e. The van der Waals surface area contributed by atoms with Crippen molar-refractivity contribution < 1.29 is 17.1 Å². The molecule has 10 heteroatoms. The molecule has 127 valence electrons. The van der Waals surface area contributed by atoms with E-state index in [1.54, 1.807) is 33.2 Å². The first kappa shape index (κ1) is 21.3. The number of hydrogen-bond acceptors (Lipinski definition) is 7. The molecular formula is C13H17CuN7S2. The zero-order valence-corrected chi connectivity index (χ0v) is 15.4. The van der Waals surface area contributed by atoms with Crippen LogP contribution in [-0.2, 0) is 42.3 Å². The number of hydrogen-bond donors (Lipinski definition) is 3. The van der Waals surface area contributed by atoms with Gasteiger partial charge in [-0.25, -0.2) is 0 Å². The fraction of sp³-hybridized carbons (Fsp3) is 0.231. The van der Waals surface area contributed by atoms with Crippen molar-refractivity contribution in [2.45, 2.75) is 6.92 Å². The Bertz CT molecular complexity index is 624. The van der Waals surface area contributed by atoms with Crippen molar-refractivity contribution in [2.24, 2.45) is 20.4 Å². The van der Waals surface area contributed by atoms with E-state index in [9.17, 15) is 0 Å². The Balaban J connectivity index is 0.00000484. The van der Waals surface area contributed by atoms with Gasteiger partial charge in [0.15, 0.2) is 0 Å². The van der Waals surface area contributed by atoms with E-state index in [-0.39, 0.29) is 27.4 Å². The van der Waals surface area contributed by atoms with Gasteiger partial charge in [-0.05, 0) is 29.4 Å². The Hall–Kier alpha value is -1.74. The fourth-order valence-electron chi connectivity index (χ4n) is 1.34. The first-order valence-electron chi connectivity index (χ1n) is 6.31. The van der Waals surface area contributed by atoms with Crippen LogP contribution in [0.3, 0.4) is 0 Å². The molecule has 0 spiro atoms. The van der Waals surface area contributed by atoms with Crippen LogP contribution in [-0.4, -0.2) is 35.9 Å². The van der Waals surface area contributed by atoms with Gasteiger partial charge in [-0.15, -0.1) is 5.10 Å². The third-order valence-electron chi connectivity index (χ3n) is 2.49. The largest absolute Gasteiger partial charge is 2.00 e. The van der Waals surface area contributed by atoms with Gasteiger partial charge in [0.2, 0.25) is 0 Å². The van der Waals surface area contributed by atoms with Gasteiger partial charge in [0.1, 0.15) is 5.71 Å². The predicted molar refractivity (Wildman–Crippen MR) is 98.2 cm³/mol. The average Bonchev–Trinajstić information content (AvgIpc) is 2.53. The number of nitrogens with zero attached hydrogens (tertiary/aromatic N) is 4. The molecule has 0 aliphatic carbocycles. The van der Waals surface area contributed by atoms with Crippen LogP contribution >= 0.6 is 0 Å². The fourth-order valence-corrected chi connectivity index (χ4v) is 1.42. The summed E-state index contributed by atoms with van der Waals surface area (Å²) in [6.07, 6.45) is 0. The summed E-state index contributed by atoms with van der Waals surface area (Å²) in [5, 5.41) is 22.0. The first-order valence-corrected chi connectivity index (χ1v) is 7.13. The molecule has 0 amide bonds. The van der Waals surface area contributed by atoms with Gasteiger partial charge in [0.25, 0.3) is 0 Å². The maximum absolute atomic E-state index is 5.69. The van der Waals surface area contributed by atoms with E-state index in [1.807, 2.05) is 12.1 Å². The normalized spacial score (nSPS) is 13.3. The first-order chi connectivity index (χ1) is 10.5. The molecule has 0 saturated heterocycles. The SMILES string of the molecule is CN/C([S-])=N/N=C(C)/C(=N/N=C(\[S-])NC)c1ccc(N)cc1.[Cu+2]. The van der Waals surface area contributed by atoms with Crippen molar-refractivity contribution >= 4 is 52.7 Å². The second kappa shape index (κ2) is 10.9. The van der Waals surface area contributed by atoms with Gasteiger partial charge < -0.3 is 41.6 Å². The molecule has 0 bridgehead atoms. The molecule has 0 aliphatic rings. The molecule has 1 aromatic carbocycles. The van der Waals surface area contributed by atoms with Crippen molar-refractivity contribution in [3.8, 4) is 0 Å². The molecule has 1 rings (SSSR count). The number of nitrogens with two attached hydrogens (primary N) is 1. The average molecular weight is 399 g/mol. The monoisotopic (exact) mass is 398 g/mol. The number of rotatable bonds is 4. The Morgan fingerprint density at radius 1 is 0.913 bits per heavy atom. The number of benzene rings is 1. The van der Waals surface area contributed by atoms with Crippen molar-refractivity contribution in [1.82, 2.24) is 10.6 Å². The maximum Gasteiger partial charge on any atom is 2.00 e. The number of amidine groups is 2. The number of anilines is 1. The molecule has 23 heavy (non-hydrogen) atoms. The molecule has 0 saturated carbocycles. The van der Waals surface area contributed by atoms with Crippen LogP contribution in [0.5, 0.6) is 0 Å². The predicted octanol–water partition coefficient (Wildman–Crippen LogP) is 0.591. The van der Waals surface area contributed by atoms with E-state index in [2.05, 4.69) is 31.0 Å². The van der Waals surface area contributed by atoms with Gasteiger partial charge in [-0.1, -0.05) is 12.1 Å². The van der Waals surface area contributed by atoms with E-state index >= 15 is 0 Å². The zero-order chi connectivity index (χ0) is 16.5. The van der Waals surface area contributed by atoms with E-state index in [0.717, 1.165) is 5.56 Å². The molecule has 0 aliphatic heterocycles. The molecule has 7 nitrogen and oxygen atoms in total. The Morgan fingerprint density at radius 3 is 1.87 bits per heavy atom. The van der Waals surface area contributed by atoms with E-state index < -0.39 is 0 Å². The molecule has 1 radical (unpaired) electrons. The van der Waals surface area contributed by atoms with Crippen LogP contribution in [0.25, 0.3) is 0 Å². The molecule has 1 aromatic rings. The van der Waals surface area contributed by atoms with Crippen LogP contribution < -0.4 is 16.4 Å². The Kier molecular flexibility index (Phi) is 10.1. The number of nitrogen functional groups attached to an aromatic ring is 1. The summed E-state index contributed by atoms with van der Waals surface area (Å²) in [6, 6.07) is 7.18. The number of nitrogens with one attached hydrogen (secondary N) is 2. The van der Waals surface area contributed by atoms with Gasteiger partial charge in [0, 0.05) is 25.3 Å². The van der Waals surface area contributed by atoms with Gasteiger partial charge >= 0.3 is 17.1 Å². The second-order valence-electron chi connectivity index (χ2n) is 4.07. The minimum atomic E-state index is 0. The third-order valence-corrected chi connectivity index (χ3v) is 3.06. The Labute approximate surface area is 157 Å². The van der Waals surface area contributed by atoms with Gasteiger partial charge in [-0.2, -0.15) is 15.3 Å². The van der Waals surface area contributed by atoms with E-state index in [0.29, 0.717) is 17.1 Å². The molecule has 0 atom stereocenters. The van der Waals surface area contributed by atoms with Gasteiger partial charge in [-0.3, -0.25) is 0 Å². The topological polar surface area (TPSA) is 99.5 Å². The standard InChI is InChI=1S/C13H19N7S2.Cu/c1-8(17-19-12(21)15-2)11(18-20-13(22)16-3)9-4-6-10(14)7-5-9;/h4-7H,14H2,1-3H3,(H2,15,19,21)(H2,16,20,22);/q;+2/p-2/b17-8+,18-11-;. The van der Waals surface area contributed by atoms with Crippen LogP contribution in [0.15, 0.2) is 44.7 Å². The quantitative estimate of drug-likeness (QED) is 0.172. The van der Waals surface area contributed by atoms with E-state index in [1.165, 1.54) is 0 Å². The molecule has 0 unspecified atom stereocenters. The second-order valence-corrected chi connectivity index (χ2v) is 4.84. The zero-order valence-electron chi connectivity index (χ0n) is 12.8. The summed E-state index contributed by atoms with van der Waals surface area (Å²) in [4.78, 5) is 0. The van der Waals surface area contributed by atoms with Crippen LogP contribution in [0.2, 0.25) is 0 Å². The van der Waals surface area contributed by atoms with Crippen LogP contribution in [0.1, 0.15) is 12.5 Å². The summed E-state index contributed by atoms with van der Waals surface area (Å²) in [5.41, 5.74) is 8.22. The summed E-state index contributed by atoms with van der Waals surface area (Å²) >= 11 is 9.88. The minimum absolute atomic E-state index is 0. The maximum atomic E-state index is 5.69. The van der Waals surface area contributed by atoms with Crippen molar-refractivity contribution in [3.63, 3.8) is 0 Å². The van der Waals surface area contributed by atoms with Crippen molar-refractivity contribution in [3.05, 3.63) is 29.8 Å².